The smallest absolute Gasteiger partial charge is 0.308 e. The second kappa shape index (κ2) is 8.00. The summed E-state index contributed by atoms with van der Waals surface area (Å²) in [5, 5.41) is 2.64. The van der Waals surface area contributed by atoms with E-state index in [1.165, 1.54) is 26.0 Å². The van der Waals surface area contributed by atoms with E-state index in [9.17, 15) is 14.4 Å². The fraction of sp³-hybridized carbons (Fsp3) is 0.118. The molecule has 0 fully saturated rings. The first-order valence-corrected chi connectivity index (χ1v) is 7.79. The van der Waals surface area contributed by atoms with Crippen molar-refractivity contribution < 1.29 is 23.9 Å². The number of hydrogen-bond donors (Lipinski definition) is 1. The van der Waals surface area contributed by atoms with Gasteiger partial charge in [0.1, 0.15) is 0 Å². The molecule has 0 saturated heterocycles. The van der Waals surface area contributed by atoms with Crippen LogP contribution in [0.15, 0.2) is 36.4 Å². The highest BCUT2D eigenvalue weighted by Crippen LogP contribution is 2.35. The van der Waals surface area contributed by atoms with Crippen LogP contribution in [0.3, 0.4) is 0 Å². The van der Waals surface area contributed by atoms with Gasteiger partial charge in [-0.05, 0) is 24.3 Å². The van der Waals surface area contributed by atoms with E-state index in [0.29, 0.717) is 5.69 Å². The van der Waals surface area contributed by atoms with E-state index in [1.54, 1.807) is 24.3 Å². The number of nitrogens with one attached hydrogen (secondary N) is 1. The molecule has 6 nitrogen and oxygen atoms in total. The van der Waals surface area contributed by atoms with Crippen LogP contribution in [0.25, 0.3) is 0 Å². The van der Waals surface area contributed by atoms with E-state index in [0.717, 1.165) is 0 Å². The lowest BCUT2D eigenvalue weighted by molar-refractivity contribution is -0.132. The van der Waals surface area contributed by atoms with Crippen molar-refractivity contribution in [3.63, 3.8) is 0 Å². The number of halogens is 2. The van der Waals surface area contributed by atoms with E-state index in [1.807, 2.05) is 0 Å². The number of esters is 2. The summed E-state index contributed by atoms with van der Waals surface area (Å²) in [6.07, 6.45) is 0. The molecule has 0 radical (unpaired) electrons. The summed E-state index contributed by atoms with van der Waals surface area (Å²) in [6, 6.07) is 9.08. The summed E-state index contributed by atoms with van der Waals surface area (Å²) in [7, 11) is 0. The Hall–Kier alpha value is -2.57. The average molecular weight is 382 g/mol. The van der Waals surface area contributed by atoms with Crippen LogP contribution in [-0.2, 0) is 9.59 Å². The van der Waals surface area contributed by atoms with Crippen LogP contribution in [0.5, 0.6) is 11.5 Å². The third-order valence-corrected chi connectivity index (χ3v) is 3.46. The summed E-state index contributed by atoms with van der Waals surface area (Å²) < 4.78 is 9.93. The third kappa shape index (κ3) is 4.95. The van der Waals surface area contributed by atoms with Crippen LogP contribution in [0.2, 0.25) is 10.0 Å². The number of ether oxygens (including phenoxy) is 2. The molecule has 1 amide bonds. The van der Waals surface area contributed by atoms with Gasteiger partial charge in [0.25, 0.3) is 5.91 Å². The number of benzene rings is 2. The zero-order valence-electron chi connectivity index (χ0n) is 13.3. The minimum absolute atomic E-state index is 0.0149. The Morgan fingerprint density at radius 2 is 1.48 bits per heavy atom. The van der Waals surface area contributed by atoms with E-state index < -0.39 is 17.8 Å². The maximum Gasteiger partial charge on any atom is 0.308 e. The number of carbonyl (C=O) groups excluding carboxylic acids is 3. The van der Waals surface area contributed by atoms with Crippen molar-refractivity contribution in [3.05, 3.63) is 52.0 Å². The van der Waals surface area contributed by atoms with Crippen LogP contribution in [0.4, 0.5) is 5.69 Å². The number of para-hydroxylation sites is 2. The molecule has 2 aromatic carbocycles. The van der Waals surface area contributed by atoms with Crippen LogP contribution in [-0.4, -0.2) is 17.8 Å². The lowest BCUT2D eigenvalue weighted by Crippen LogP contribution is -2.14. The molecule has 0 atom stereocenters. The van der Waals surface area contributed by atoms with Gasteiger partial charge < -0.3 is 14.8 Å². The molecule has 1 N–H and O–H groups in total. The minimum Gasteiger partial charge on any atom is -0.424 e. The normalized spacial score (nSPS) is 10.1. The molecule has 0 spiro atoms. The predicted octanol–water partition coefficient (Wildman–Crippen LogP) is 4.10. The molecule has 2 rings (SSSR count). The molecule has 0 aliphatic carbocycles. The fourth-order valence-corrected chi connectivity index (χ4v) is 2.50. The van der Waals surface area contributed by atoms with Crippen LogP contribution < -0.4 is 14.8 Å². The lowest BCUT2D eigenvalue weighted by atomic mass is 10.2. The quantitative estimate of drug-likeness (QED) is 0.636. The molecule has 0 unspecified atom stereocenters. The topological polar surface area (TPSA) is 81.7 Å². The lowest BCUT2D eigenvalue weighted by Gasteiger charge is -2.12. The summed E-state index contributed by atoms with van der Waals surface area (Å²) >= 11 is 12.0. The highest BCUT2D eigenvalue weighted by Gasteiger charge is 2.17. The summed E-state index contributed by atoms with van der Waals surface area (Å²) in [5.74, 6) is -1.45. The molecule has 0 bridgehead atoms. The van der Waals surface area contributed by atoms with Gasteiger partial charge in [0.2, 0.25) is 0 Å². The van der Waals surface area contributed by atoms with Gasteiger partial charge in [-0.15, -0.1) is 0 Å². The standard InChI is InChI=1S/C17H13Cl2NO5/c1-9(21)24-15-6-4-3-5-14(15)20-17(23)11-7-12(18)16(13(19)8-11)25-10(2)22/h3-8H,1-2H3,(H,20,23). The Morgan fingerprint density at radius 3 is 2.04 bits per heavy atom. The molecule has 0 saturated carbocycles. The molecular formula is C17H13Cl2NO5. The summed E-state index contributed by atoms with van der Waals surface area (Å²) in [5.41, 5.74) is 0.447. The largest absolute Gasteiger partial charge is 0.424 e. The fourth-order valence-electron chi connectivity index (χ4n) is 1.94. The molecule has 0 heterocycles. The molecule has 0 aliphatic heterocycles. The van der Waals surface area contributed by atoms with Crippen LogP contribution in [0.1, 0.15) is 24.2 Å². The molecule has 0 aliphatic rings. The van der Waals surface area contributed by atoms with Gasteiger partial charge in [0.15, 0.2) is 11.5 Å². The van der Waals surface area contributed by atoms with Gasteiger partial charge in [-0.3, -0.25) is 14.4 Å². The first-order chi connectivity index (χ1) is 11.8. The summed E-state index contributed by atoms with van der Waals surface area (Å²) in [6.45, 7) is 2.46. The molecule has 130 valence electrons. The minimum atomic E-state index is -0.587. The van der Waals surface area contributed by atoms with Crippen LogP contribution in [0, 0.1) is 0 Å². The first-order valence-electron chi connectivity index (χ1n) is 7.04. The zero-order valence-corrected chi connectivity index (χ0v) is 14.8. The second-order valence-corrected chi connectivity index (χ2v) is 5.72. The monoisotopic (exact) mass is 381 g/mol. The maximum atomic E-state index is 12.4. The number of anilines is 1. The van der Waals surface area contributed by atoms with Gasteiger partial charge in [-0.25, -0.2) is 0 Å². The van der Waals surface area contributed by atoms with Crippen molar-refractivity contribution in [3.8, 4) is 11.5 Å². The van der Waals surface area contributed by atoms with Gasteiger partial charge >= 0.3 is 11.9 Å². The Bertz CT molecular complexity index is 828. The van der Waals surface area contributed by atoms with Crippen molar-refractivity contribution in [2.75, 3.05) is 5.32 Å². The molecule has 0 aromatic heterocycles. The van der Waals surface area contributed by atoms with E-state index in [4.69, 9.17) is 32.7 Å². The van der Waals surface area contributed by atoms with Gasteiger partial charge in [-0.1, -0.05) is 35.3 Å². The number of amides is 1. The van der Waals surface area contributed by atoms with Crippen molar-refractivity contribution in [2.24, 2.45) is 0 Å². The SMILES string of the molecule is CC(=O)Oc1ccccc1NC(=O)c1cc(Cl)c(OC(C)=O)c(Cl)c1. The third-order valence-electron chi connectivity index (χ3n) is 2.90. The highest BCUT2D eigenvalue weighted by atomic mass is 35.5. The molecule has 8 heteroatoms. The summed E-state index contributed by atoms with van der Waals surface area (Å²) in [4.78, 5) is 34.6. The highest BCUT2D eigenvalue weighted by molar-refractivity contribution is 6.38. The molecular weight excluding hydrogens is 369 g/mol. The second-order valence-electron chi connectivity index (χ2n) is 4.91. The Morgan fingerprint density at radius 1 is 0.920 bits per heavy atom. The van der Waals surface area contributed by atoms with Crippen molar-refractivity contribution in [2.45, 2.75) is 13.8 Å². The van der Waals surface area contributed by atoms with Crippen molar-refractivity contribution in [1.29, 1.82) is 0 Å². The molecule has 25 heavy (non-hydrogen) atoms. The van der Waals surface area contributed by atoms with Gasteiger partial charge in [-0.2, -0.15) is 0 Å². The first kappa shape index (κ1) is 18.8. The zero-order chi connectivity index (χ0) is 18.6. The average Bonchev–Trinajstić information content (AvgIpc) is 2.51. The van der Waals surface area contributed by atoms with E-state index in [2.05, 4.69) is 5.32 Å². The molecule has 2 aromatic rings. The van der Waals surface area contributed by atoms with Crippen molar-refractivity contribution in [1.82, 2.24) is 0 Å². The number of rotatable bonds is 4. The van der Waals surface area contributed by atoms with E-state index >= 15 is 0 Å². The number of hydrogen-bond acceptors (Lipinski definition) is 5. The maximum absolute atomic E-state index is 12.4. The van der Waals surface area contributed by atoms with Crippen LogP contribution >= 0.6 is 23.2 Å². The Labute approximate surface area is 153 Å². The van der Waals surface area contributed by atoms with Gasteiger partial charge in [0, 0.05) is 19.4 Å². The predicted molar refractivity (Wildman–Crippen MR) is 93.5 cm³/mol. The Balaban J connectivity index is 2.28. The van der Waals surface area contributed by atoms with Gasteiger partial charge in [0.05, 0.1) is 15.7 Å². The Kier molecular flexibility index (Phi) is 6.01. The van der Waals surface area contributed by atoms with Crippen molar-refractivity contribution >= 4 is 46.7 Å². The number of carbonyl (C=O) groups is 3. The van der Waals surface area contributed by atoms with E-state index in [-0.39, 0.29) is 27.1 Å².